The normalized spacial score (nSPS) is 12.0. The van der Waals surface area contributed by atoms with E-state index in [2.05, 4.69) is 15.1 Å². The van der Waals surface area contributed by atoms with Crippen molar-refractivity contribution in [2.75, 3.05) is 0 Å². The molecule has 23 heavy (non-hydrogen) atoms. The van der Waals surface area contributed by atoms with Crippen LogP contribution in [-0.2, 0) is 0 Å². The highest BCUT2D eigenvalue weighted by molar-refractivity contribution is 6.31. The van der Waals surface area contributed by atoms with E-state index in [0.29, 0.717) is 21.7 Å². The summed E-state index contributed by atoms with van der Waals surface area (Å²) in [5, 5.41) is 13.6. The van der Waals surface area contributed by atoms with Crippen LogP contribution in [0, 0.1) is 18.3 Å². The Morgan fingerprint density at radius 1 is 1.43 bits per heavy atom. The van der Waals surface area contributed by atoms with E-state index in [1.54, 1.807) is 13.0 Å². The lowest BCUT2D eigenvalue weighted by molar-refractivity contribution is 0.0967. The summed E-state index contributed by atoms with van der Waals surface area (Å²) in [6.45, 7) is 1.63. The Morgan fingerprint density at radius 2 is 2.22 bits per heavy atom. The first-order valence-electron chi connectivity index (χ1n) is 6.56. The molecule has 0 amide bonds. The quantitative estimate of drug-likeness (QED) is 0.738. The van der Waals surface area contributed by atoms with Crippen LogP contribution in [0.25, 0.3) is 10.9 Å². The second kappa shape index (κ2) is 5.66. The number of H-pyrrole nitrogens is 1. The maximum absolute atomic E-state index is 12.4. The highest BCUT2D eigenvalue weighted by atomic mass is 35.5. The molecule has 3 aromatic rings. The van der Waals surface area contributed by atoms with E-state index < -0.39 is 17.3 Å². The number of Topliss-reactive ketones (excluding diaryl/α,β-unsaturated/α-hetero) is 1. The van der Waals surface area contributed by atoms with Gasteiger partial charge < -0.3 is 9.51 Å². The molecular weight excluding hydrogens is 320 g/mol. The molecule has 0 spiro atoms. The lowest BCUT2D eigenvalue weighted by atomic mass is 10.0. The first-order chi connectivity index (χ1) is 11.0. The molecule has 8 heteroatoms. The van der Waals surface area contributed by atoms with Crippen molar-refractivity contribution in [2.24, 2.45) is 0 Å². The van der Waals surface area contributed by atoms with E-state index in [1.807, 2.05) is 6.07 Å². The van der Waals surface area contributed by atoms with E-state index in [9.17, 15) is 14.9 Å². The van der Waals surface area contributed by atoms with Crippen LogP contribution < -0.4 is 5.56 Å². The van der Waals surface area contributed by atoms with Gasteiger partial charge in [-0.05, 0) is 25.1 Å². The highest BCUT2D eigenvalue weighted by Crippen LogP contribution is 2.20. The van der Waals surface area contributed by atoms with Crippen LogP contribution in [0.15, 0.2) is 33.6 Å². The lowest BCUT2D eigenvalue weighted by Crippen LogP contribution is -2.20. The second-order valence-electron chi connectivity index (χ2n) is 4.86. The van der Waals surface area contributed by atoms with Crippen molar-refractivity contribution in [3.63, 3.8) is 0 Å². The number of ketones is 1. The van der Waals surface area contributed by atoms with Gasteiger partial charge in [0, 0.05) is 11.1 Å². The van der Waals surface area contributed by atoms with E-state index in [0.717, 1.165) is 0 Å². The monoisotopic (exact) mass is 328 g/mol. The Morgan fingerprint density at radius 3 is 2.87 bits per heavy atom. The van der Waals surface area contributed by atoms with E-state index in [-0.39, 0.29) is 11.5 Å². The molecule has 0 saturated heterocycles. The average molecular weight is 329 g/mol. The molecule has 0 saturated carbocycles. The van der Waals surface area contributed by atoms with Crippen molar-refractivity contribution in [3.8, 4) is 6.07 Å². The molecule has 1 atom stereocenters. The molecule has 114 valence electrons. The highest BCUT2D eigenvalue weighted by Gasteiger charge is 2.27. The van der Waals surface area contributed by atoms with E-state index in [1.165, 1.54) is 18.2 Å². The number of nitrogens with one attached hydrogen (secondary N) is 1. The summed E-state index contributed by atoms with van der Waals surface area (Å²) >= 11 is 5.89. The molecule has 0 aliphatic carbocycles. The molecule has 0 bridgehead atoms. The summed E-state index contributed by atoms with van der Waals surface area (Å²) < 4.78 is 4.84. The number of nitrogens with zero attached hydrogens (tertiary/aromatic N) is 3. The second-order valence-corrected chi connectivity index (χ2v) is 5.30. The standard InChI is InChI=1S/C15H9ClN4O3/c1-7-4-12(20-23-7)13(21)10(6-17)14-18-11-5-8(16)2-3-9(11)15(22)19-14/h2-5,10H,1H3,(H,18,19,22)/t10-/m1/s1. The molecule has 0 radical (unpaired) electrons. The topological polar surface area (TPSA) is 113 Å². The van der Waals surface area contributed by atoms with Gasteiger partial charge in [-0.15, -0.1) is 0 Å². The minimum absolute atomic E-state index is 0.00268. The van der Waals surface area contributed by atoms with Crippen LogP contribution in [0.5, 0.6) is 0 Å². The molecular formula is C15H9ClN4O3. The number of aromatic nitrogens is 3. The Labute approximate surface area is 134 Å². The van der Waals surface area contributed by atoms with Crippen LogP contribution in [0.3, 0.4) is 0 Å². The molecule has 1 N–H and O–H groups in total. The number of carbonyl (C=O) groups excluding carboxylic acids is 1. The number of rotatable bonds is 3. The molecule has 0 aliphatic heterocycles. The Kier molecular flexibility index (Phi) is 3.68. The smallest absolute Gasteiger partial charge is 0.258 e. The fourth-order valence-electron chi connectivity index (χ4n) is 2.14. The van der Waals surface area contributed by atoms with Crippen molar-refractivity contribution in [1.29, 1.82) is 5.26 Å². The van der Waals surface area contributed by atoms with Gasteiger partial charge in [-0.3, -0.25) is 9.59 Å². The largest absolute Gasteiger partial charge is 0.361 e. The SMILES string of the molecule is Cc1cc(C(=O)[C@@H](C#N)c2nc3cc(Cl)ccc3c(=O)[nH]2)no1. The summed E-state index contributed by atoms with van der Waals surface area (Å²) in [6.07, 6.45) is 0. The Hall–Kier alpha value is -2.98. The Bertz CT molecular complexity index is 1020. The minimum atomic E-state index is -1.30. The van der Waals surface area contributed by atoms with Crippen LogP contribution in [0.1, 0.15) is 28.0 Å². The van der Waals surface area contributed by atoms with Gasteiger partial charge in [0.15, 0.2) is 11.6 Å². The molecule has 7 nitrogen and oxygen atoms in total. The fourth-order valence-corrected chi connectivity index (χ4v) is 2.31. The number of benzene rings is 1. The van der Waals surface area contributed by atoms with Gasteiger partial charge in [0.05, 0.1) is 17.0 Å². The molecule has 3 rings (SSSR count). The Balaban J connectivity index is 2.12. The maximum Gasteiger partial charge on any atom is 0.258 e. The minimum Gasteiger partial charge on any atom is -0.361 e. The summed E-state index contributed by atoms with van der Waals surface area (Å²) in [4.78, 5) is 31.1. The van der Waals surface area contributed by atoms with Crippen LogP contribution >= 0.6 is 11.6 Å². The van der Waals surface area contributed by atoms with Crippen molar-refractivity contribution < 1.29 is 9.32 Å². The van der Waals surface area contributed by atoms with Crippen LogP contribution in [0.4, 0.5) is 0 Å². The molecule has 0 aliphatic rings. The predicted molar refractivity (Wildman–Crippen MR) is 81.3 cm³/mol. The number of nitriles is 1. The first kappa shape index (κ1) is 14.9. The van der Waals surface area contributed by atoms with Gasteiger partial charge in [0.2, 0.25) is 5.78 Å². The van der Waals surface area contributed by atoms with Gasteiger partial charge in [-0.25, -0.2) is 4.98 Å². The van der Waals surface area contributed by atoms with Gasteiger partial charge in [0.1, 0.15) is 11.6 Å². The van der Waals surface area contributed by atoms with Gasteiger partial charge >= 0.3 is 0 Å². The summed E-state index contributed by atoms with van der Waals surface area (Å²) in [5.74, 6) is -1.51. The summed E-state index contributed by atoms with van der Waals surface area (Å²) in [7, 11) is 0. The summed E-state index contributed by atoms with van der Waals surface area (Å²) in [5.41, 5.74) is -0.144. The molecule has 0 fully saturated rings. The van der Waals surface area contributed by atoms with Crippen LogP contribution in [-0.4, -0.2) is 20.9 Å². The first-order valence-corrected chi connectivity index (χ1v) is 6.94. The van der Waals surface area contributed by atoms with Crippen LogP contribution in [0.2, 0.25) is 5.02 Å². The number of fused-ring (bicyclic) bond motifs is 1. The number of hydrogen-bond acceptors (Lipinski definition) is 6. The fraction of sp³-hybridized carbons (Fsp3) is 0.133. The zero-order valence-electron chi connectivity index (χ0n) is 11.8. The predicted octanol–water partition coefficient (Wildman–Crippen LogP) is 2.36. The lowest BCUT2D eigenvalue weighted by Gasteiger charge is -2.07. The summed E-state index contributed by atoms with van der Waals surface area (Å²) in [6, 6.07) is 7.84. The zero-order valence-corrected chi connectivity index (χ0v) is 12.6. The van der Waals surface area contributed by atoms with Gasteiger partial charge in [-0.2, -0.15) is 5.26 Å². The molecule has 2 aromatic heterocycles. The number of carbonyl (C=O) groups is 1. The third kappa shape index (κ3) is 2.72. The van der Waals surface area contributed by atoms with Crippen molar-refractivity contribution in [3.05, 3.63) is 56.9 Å². The number of aryl methyl sites for hydroxylation is 1. The van der Waals surface area contributed by atoms with Gasteiger partial charge in [-0.1, -0.05) is 16.8 Å². The average Bonchev–Trinajstić information content (AvgIpc) is 2.94. The van der Waals surface area contributed by atoms with E-state index in [4.69, 9.17) is 16.1 Å². The molecule has 2 heterocycles. The number of hydrogen-bond donors (Lipinski definition) is 1. The number of aromatic amines is 1. The number of halogens is 1. The molecule has 0 unspecified atom stereocenters. The van der Waals surface area contributed by atoms with E-state index >= 15 is 0 Å². The van der Waals surface area contributed by atoms with Gasteiger partial charge in [0.25, 0.3) is 5.56 Å². The third-order valence-corrected chi connectivity index (χ3v) is 3.47. The van der Waals surface area contributed by atoms with Crippen molar-refractivity contribution >= 4 is 28.3 Å². The zero-order chi connectivity index (χ0) is 16.6. The van der Waals surface area contributed by atoms with Crippen molar-refractivity contribution in [1.82, 2.24) is 15.1 Å². The third-order valence-electron chi connectivity index (χ3n) is 3.23. The maximum atomic E-state index is 12.4. The van der Waals surface area contributed by atoms with Crippen molar-refractivity contribution in [2.45, 2.75) is 12.8 Å². The molecule has 1 aromatic carbocycles.